The number of hydrogen-bond donors (Lipinski definition) is 1. The maximum Gasteiger partial charge on any atom is 0.295 e. The first-order valence-corrected chi connectivity index (χ1v) is 9.27. The zero-order chi connectivity index (χ0) is 19.4. The van der Waals surface area contributed by atoms with Crippen LogP contribution in [-0.2, 0) is 14.3 Å². The van der Waals surface area contributed by atoms with Crippen LogP contribution in [0.25, 0.3) is 5.76 Å². The van der Waals surface area contributed by atoms with E-state index in [0.717, 1.165) is 4.47 Å². The van der Waals surface area contributed by atoms with Gasteiger partial charge >= 0.3 is 0 Å². The molecule has 1 aliphatic heterocycles. The van der Waals surface area contributed by atoms with Gasteiger partial charge in [0.25, 0.3) is 11.7 Å². The lowest BCUT2D eigenvalue weighted by molar-refractivity contribution is -0.140. The Bertz CT molecular complexity index is 865. The van der Waals surface area contributed by atoms with Gasteiger partial charge in [0.05, 0.1) is 11.6 Å². The molecule has 1 aromatic heterocycles. The number of halogens is 1. The number of carbonyl (C=O) groups excluding carboxylic acids is 2. The third-order valence-corrected chi connectivity index (χ3v) is 4.93. The number of aromatic nitrogens is 1. The molecular formula is C20H19BrN2O4. The molecule has 1 fully saturated rings. The Hall–Kier alpha value is -2.51. The summed E-state index contributed by atoms with van der Waals surface area (Å²) in [7, 11) is 1.58. The predicted octanol–water partition coefficient (Wildman–Crippen LogP) is 3.30. The standard InChI is InChI=1S/C20H19BrN2O4/c1-27-11-3-10-23-17(14-4-2-9-22-12-14)16(19(25)20(23)26)18(24)13-5-7-15(21)8-6-13/h2,4-9,12,17,24H,3,10-11H2,1H3/b18-16-. The second-order valence-corrected chi connectivity index (χ2v) is 7.05. The number of pyridine rings is 1. The molecule has 1 amide bonds. The molecule has 0 radical (unpaired) electrons. The number of aliphatic hydroxyl groups is 1. The van der Waals surface area contributed by atoms with Crippen molar-refractivity contribution in [2.45, 2.75) is 12.5 Å². The van der Waals surface area contributed by atoms with Crippen LogP contribution in [-0.4, -0.2) is 46.9 Å². The molecule has 7 heteroatoms. The third kappa shape index (κ3) is 3.94. The van der Waals surface area contributed by atoms with Gasteiger partial charge in [-0.3, -0.25) is 14.6 Å². The SMILES string of the molecule is COCCCN1C(=O)C(=O)/C(=C(\O)c2ccc(Br)cc2)C1c1cccnc1. The van der Waals surface area contributed by atoms with Crippen molar-refractivity contribution in [2.24, 2.45) is 0 Å². The molecule has 0 spiro atoms. The molecule has 1 N–H and O–H groups in total. The molecule has 2 aromatic rings. The second-order valence-electron chi connectivity index (χ2n) is 6.13. The van der Waals surface area contributed by atoms with Crippen molar-refractivity contribution in [3.8, 4) is 0 Å². The summed E-state index contributed by atoms with van der Waals surface area (Å²) in [4.78, 5) is 31.0. The van der Waals surface area contributed by atoms with E-state index in [0.29, 0.717) is 30.7 Å². The number of rotatable bonds is 6. The molecule has 27 heavy (non-hydrogen) atoms. The van der Waals surface area contributed by atoms with Gasteiger partial charge in [-0.05, 0) is 30.2 Å². The maximum absolute atomic E-state index is 12.7. The summed E-state index contributed by atoms with van der Waals surface area (Å²) in [6, 6.07) is 9.77. The molecule has 1 saturated heterocycles. The monoisotopic (exact) mass is 430 g/mol. The van der Waals surface area contributed by atoms with E-state index in [-0.39, 0.29) is 11.3 Å². The largest absolute Gasteiger partial charge is 0.507 e. The fraction of sp³-hybridized carbons (Fsp3) is 0.250. The van der Waals surface area contributed by atoms with Crippen LogP contribution in [0.5, 0.6) is 0 Å². The molecule has 0 bridgehead atoms. The molecule has 140 valence electrons. The number of ether oxygens (including phenoxy) is 1. The quantitative estimate of drug-likeness (QED) is 0.329. The van der Waals surface area contributed by atoms with Crippen molar-refractivity contribution in [2.75, 3.05) is 20.3 Å². The summed E-state index contributed by atoms with van der Waals surface area (Å²) in [5.74, 6) is -1.51. The van der Waals surface area contributed by atoms with Crippen molar-refractivity contribution in [1.82, 2.24) is 9.88 Å². The molecule has 1 atom stereocenters. The van der Waals surface area contributed by atoms with Crippen LogP contribution in [0.2, 0.25) is 0 Å². The molecule has 1 aliphatic rings. The Morgan fingerprint density at radius 1 is 1.26 bits per heavy atom. The van der Waals surface area contributed by atoms with Crippen LogP contribution in [0.15, 0.2) is 58.8 Å². The van der Waals surface area contributed by atoms with Crippen LogP contribution in [0.1, 0.15) is 23.6 Å². The van der Waals surface area contributed by atoms with Crippen LogP contribution in [0.3, 0.4) is 0 Å². The normalized spacial score (nSPS) is 18.9. The highest BCUT2D eigenvalue weighted by molar-refractivity contribution is 9.10. The third-order valence-electron chi connectivity index (χ3n) is 4.41. The molecule has 2 heterocycles. The first-order chi connectivity index (χ1) is 13.0. The van der Waals surface area contributed by atoms with Gasteiger partial charge < -0.3 is 14.7 Å². The molecule has 1 aromatic carbocycles. The summed E-state index contributed by atoms with van der Waals surface area (Å²) < 4.78 is 5.91. The Labute approximate surface area is 165 Å². The average Bonchev–Trinajstić information content (AvgIpc) is 2.94. The highest BCUT2D eigenvalue weighted by atomic mass is 79.9. The smallest absolute Gasteiger partial charge is 0.295 e. The summed E-state index contributed by atoms with van der Waals surface area (Å²) in [5.41, 5.74) is 1.22. The summed E-state index contributed by atoms with van der Waals surface area (Å²) in [6.45, 7) is 0.810. The van der Waals surface area contributed by atoms with E-state index < -0.39 is 17.7 Å². The van der Waals surface area contributed by atoms with Crippen LogP contribution in [0.4, 0.5) is 0 Å². The summed E-state index contributed by atoms with van der Waals surface area (Å²) in [5, 5.41) is 10.8. The predicted molar refractivity (Wildman–Crippen MR) is 104 cm³/mol. The van der Waals surface area contributed by atoms with E-state index in [2.05, 4.69) is 20.9 Å². The topological polar surface area (TPSA) is 79.7 Å². The number of hydrogen-bond acceptors (Lipinski definition) is 5. The minimum atomic E-state index is -0.693. The molecule has 0 aliphatic carbocycles. The van der Waals surface area contributed by atoms with Gasteiger partial charge in [0, 0.05) is 42.7 Å². The minimum absolute atomic E-state index is 0.0766. The first-order valence-electron chi connectivity index (χ1n) is 8.47. The highest BCUT2D eigenvalue weighted by Crippen LogP contribution is 2.39. The van der Waals surface area contributed by atoms with Crippen molar-refractivity contribution in [1.29, 1.82) is 0 Å². The lowest BCUT2D eigenvalue weighted by Crippen LogP contribution is -2.31. The van der Waals surface area contributed by atoms with E-state index >= 15 is 0 Å². The molecular weight excluding hydrogens is 412 g/mol. The number of aliphatic hydroxyl groups excluding tert-OH is 1. The number of nitrogens with zero attached hydrogens (tertiary/aromatic N) is 2. The molecule has 6 nitrogen and oxygen atoms in total. The lowest BCUT2D eigenvalue weighted by atomic mass is 9.96. The fourth-order valence-electron chi connectivity index (χ4n) is 3.14. The van der Waals surface area contributed by atoms with Gasteiger partial charge in [-0.25, -0.2) is 0 Å². The Balaban J connectivity index is 2.09. The van der Waals surface area contributed by atoms with E-state index in [1.165, 1.54) is 4.90 Å². The van der Waals surface area contributed by atoms with E-state index in [4.69, 9.17) is 4.74 Å². The zero-order valence-electron chi connectivity index (χ0n) is 14.8. The van der Waals surface area contributed by atoms with Gasteiger partial charge in [-0.2, -0.15) is 0 Å². The maximum atomic E-state index is 12.7. The zero-order valence-corrected chi connectivity index (χ0v) is 16.3. The molecule has 1 unspecified atom stereocenters. The number of ketones is 1. The lowest BCUT2D eigenvalue weighted by Gasteiger charge is -2.25. The van der Waals surface area contributed by atoms with Crippen molar-refractivity contribution < 1.29 is 19.4 Å². The Kier molecular flexibility index (Phi) is 6.03. The molecule has 0 saturated carbocycles. The number of carbonyl (C=O) groups is 2. The van der Waals surface area contributed by atoms with Crippen LogP contribution in [0, 0.1) is 0 Å². The van der Waals surface area contributed by atoms with Crippen LogP contribution >= 0.6 is 15.9 Å². The van der Waals surface area contributed by atoms with Gasteiger partial charge in [0.1, 0.15) is 5.76 Å². The van der Waals surface area contributed by atoms with Crippen LogP contribution < -0.4 is 0 Å². The summed E-state index contributed by atoms with van der Waals surface area (Å²) >= 11 is 3.35. The van der Waals surface area contributed by atoms with E-state index in [1.54, 1.807) is 55.9 Å². The van der Waals surface area contributed by atoms with Gasteiger partial charge in [-0.1, -0.05) is 34.1 Å². The Morgan fingerprint density at radius 3 is 2.63 bits per heavy atom. The van der Waals surface area contributed by atoms with E-state index in [9.17, 15) is 14.7 Å². The van der Waals surface area contributed by atoms with Gasteiger partial charge in [0.2, 0.25) is 0 Å². The van der Waals surface area contributed by atoms with Crippen molar-refractivity contribution in [3.05, 3.63) is 70.0 Å². The highest BCUT2D eigenvalue weighted by Gasteiger charge is 2.45. The number of benzene rings is 1. The average molecular weight is 431 g/mol. The number of amides is 1. The minimum Gasteiger partial charge on any atom is -0.507 e. The number of likely N-dealkylation sites (tertiary alicyclic amines) is 1. The van der Waals surface area contributed by atoms with Gasteiger partial charge in [0.15, 0.2) is 0 Å². The van der Waals surface area contributed by atoms with Crippen molar-refractivity contribution >= 4 is 33.4 Å². The Morgan fingerprint density at radius 2 is 2.00 bits per heavy atom. The second kappa shape index (κ2) is 8.45. The first kappa shape index (κ1) is 19.3. The summed E-state index contributed by atoms with van der Waals surface area (Å²) in [6.07, 6.45) is 3.81. The number of Topliss-reactive ketones (excluding diaryl/α,β-unsaturated/α-hetero) is 1. The van der Waals surface area contributed by atoms with E-state index in [1.807, 2.05) is 0 Å². The number of methoxy groups -OCH3 is 1. The fourth-order valence-corrected chi connectivity index (χ4v) is 3.40. The molecule has 3 rings (SSSR count). The van der Waals surface area contributed by atoms with Gasteiger partial charge in [-0.15, -0.1) is 0 Å². The van der Waals surface area contributed by atoms with Crippen molar-refractivity contribution in [3.63, 3.8) is 0 Å².